The van der Waals surface area contributed by atoms with Crippen molar-refractivity contribution in [2.75, 3.05) is 25.3 Å². The Morgan fingerprint density at radius 1 is 1.29 bits per heavy atom. The van der Waals surface area contributed by atoms with Crippen molar-refractivity contribution in [3.63, 3.8) is 0 Å². The normalized spacial score (nSPS) is 10.5. The lowest BCUT2D eigenvalue weighted by Crippen LogP contribution is -2.41. The topological polar surface area (TPSA) is 118 Å². The first-order valence-electron chi connectivity index (χ1n) is 8.07. The minimum Gasteiger partial charge on any atom is -0.493 e. The number of nitrogen functional groups attached to an aromatic ring is 1. The molecule has 0 aliphatic heterocycles. The second-order valence-electron chi connectivity index (χ2n) is 5.63. The molecule has 2 aromatic rings. The number of hydrogen-bond donors (Lipinski definition) is 2. The maximum absolute atomic E-state index is 12.4. The van der Waals surface area contributed by atoms with Gasteiger partial charge in [0.2, 0.25) is 5.91 Å². The van der Waals surface area contributed by atoms with Gasteiger partial charge in [-0.1, -0.05) is 12.0 Å². The van der Waals surface area contributed by atoms with Gasteiger partial charge in [-0.05, 0) is 23.8 Å². The van der Waals surface area contributed by atoms with Crippen molar-refractivity contribution in [1.82, 2.24) is 9.13 Å². The lowest BCUT2D eigenvalue weighted by atomic mass is 10.2. The summed E-state index contributed by atoms with van der Waals surface area (Å²) in [5.41, 5.74) is 4.81. The van der Waals surface area contributed by atoms with Crippen molar-refractivity contribution in [3.05, 3.63) is 50.7 Å². The molecule has 0 aliphatic rings. The maximum Gasteiger partial charge on any atom is 0.333 e. The Labute approximate surface area is 161 Å². The van der Waals surface area contributed by atoms with Crippen molar-refractivity contribution in [2.45, 2.75) is 6.54 Å². The van der Waals surface area contributed by atoms with E-state index in [1.807, 2.05) is 0 Å². The highest BCUT2D eigenvalue weighted by molar-refractivity contribution is 6.03. The molecule has 0 radical (unpaired) electrons. The fourth-order valence-corrected chi connectivity index (χ4v) is 2.42. The van der Waals surface area contributed by atoms with Gasteiger partial charge in [-0.15, -0.1) is 6.42 Å². The second-order valence-corrected chi connectivity index (χ2v) is 5.63. The predicted octanol–water partition coefficient (Wildman–Crippen LogP) is 0.432. The minimum atomic E-state index is -0.772. The van der Waals surface area contributed by atoms with E-state index in [0.717, 1.165) is 9.13 Å². The van der Waals surface area contributed by atoms with Gasteiger partial charge >= 0.3 is 5.69 Å². The molecule has 1 aromatic heterocycles. The van der Waals surface area contributed by atoms with Crippen LogP contribution in [0, 0.1) is 12.3 Å². The Morgan fingerprint density at radius 3 is 2.57 bits per heavy atom. The number of amides is 1. The van der Waals surface area contributed by atoms with E-state index in [1.54, 1.807) is 18.2 Å². The molecular weight excluding hydrogens is 364 g/mol. The van der Waals surface area contributed by atoms with Crippen LogP contribution in [-0.2, 0) is 18.4 Å². The Kier molecular flexibility index (Phi) is 6.29. The molecule has 2 rings (SSSR count). The summed E-state index contributed by atoms with van der Waals surface area (Å²) < 4.78 is 12.2. The van der Waals surface area contributed by atoms with Crippen LogP contribution in [0.4, 0.5) is 11.5 Å². The molecule has 0 bridgehead atoms. The second kappa shape index (κ2) is 8.64. The average Bonchev–Trinajstić information content (AvgIpc) is 2.71. The van der Waals surface area contributed by atoms with Crippen LogP contribution in [0.5, 0.6) is 11.5 Å². The summed E-state index contributed by atoms with van der Waals surface area (Å²) in [6, 6.07) is 5.11. The largest absolute Gasteiger partial charge is 0.493 e. The molecule has 9 nitrogen and oxygen atoms in total. The van der Waals surface area contributed by atoms with E-state index < -0.39 is 17.2 Å². The van der Waals surface area contributed by atoms with Crippen LogP contribution < -0.4 is 31.8 Å². The van der Waals surface area contributed by atoms with Gasteiger partial charge in [0.05, 0.1) is 20.8 Å². The first kappa shape index (κ1) is 20.4. The van der Waals surface area contributed by atoms with Gasteiger partial charge in [0.15, 0.2) is 11.5 Å². The highest BCUT2D eigenvalue weighted by Crippen LogP contribution is 2.27. The fourth-order valence-electron chi connectivity index (χ4n) is 2.42. The molecule has 0 spiro atoms. The molecule has 1 amide bonds. The smallest absolute Gasteiger partial charge is 0.333 e. The third-order valence-electron chi connectivity index (χ3n) is 3.93. The van der Waals surface area contributed by atoms with Crippen molar-refractivity contribution in [1.29, 1.82) is 0 Å². The Morgan fingerprint density at radius 2 is 1.96 bits per heavy atom. The summed E-state index contributed by atoms with van der Waals surface area (Å²) in [5.74, 6) is 2.50. The summed E-state index contributed by atoms with van der Waals surface area (Å²) in [6.45, 7) is -0.240. The minimum absolute atomic E-state index is 0.170. The number of hydrogen-bond acceptors (Lipinski definition) is 6. The molecular formula is C19H20N4O5. The van der Waals surface area contributed by atoms with Gasteiger partial charge in [-0.2, -0.15) is 0 Å². The van der Waals surface area contributed by atoms with Gasteiger partial charge in [0, 0.05) is 13.1 Å². The summed E-state index contributed by atoms with van der Waals surface area (Å²) in [4.78, 5) is 36.7. The summed E-state index contributed by atoms with van der Waals surface area (Å²) in [7, 11) is 4.40. The Hall–Kier alpha value is -3.93. The van der Waals surface area contributed by atoms with Crippen LogP contribution >= 0.6 is 0 Å². The third-order valence-corrected chi connectivity index (χ3v) is 3.93. The predicted molar refractivity (Wildman–Crippen MR) is 106 cm³/mol. The number of anilines is 2. The van der Waals surface area contributed by atoms with Gasteiger partial charge in [-0.3, -0.25) is 14.2 Å². The van der Waals surface area contributed by atoms with E-state index in [2.05, 4.69) is 11.2 Å². The van der Waals surface area contributed by atoms with E-state index >= 15 is 0 Å². The van der Waals surface area contributed by atoms with Crippen molar-refractivity contribution in [3.8, 4) is 23.8 Å². The summed E-state index contributed by atoms with van der Waals surface area (Å²) >= 11 is 0. The standard InChI is InChI=1S/C19H20N4O5/c1-5-10-23-18(25)16(17(20)22(2)19(23)26)21-15(24)9-7-12-6-8-13(27-3)14(11-12)28-4/h1,6-9,11H,10,20H2,2-4H3,(H,21,24)/b9-7+. The molecule has 0 saturated carbocycles. The number of nitrogens with zero attached hydrogens (tertiary/aromatic N) is 2. The van der Waals surface area contributed by atoms with Gasteiger partial charge in [0.1, 0.15) is 11.5 Å². The van der Waals surface area contributed by atoms with Gasteiger partial charge in [-0.25, -0.2) is 9.36 Å². The molecule has 1 heterocycles. The highest BCUT2D eigenvalue weighted by Gasteiger charge is 2.16. The first-order valence-corrected chi connectivity index (χ1v) is 8.07. The zero-order valence-corrected chi connectivity index (χ0v) is 15.7. The van der Waals surface area contributed by atoms with Crippen molar-refractivity contribution in [2.24, 2.45) is 7.05 Å². The van der Waals surface area contributed by atoms with Gasteiger partial charge < -0.3 is 20.5 Å². The van der Waals surface area contributed by atoms with Crippen LogP contribution in [0.1, 0.15) is 5.56 Å². The molecule has 0 atom stereocenters. The fraction of sp³-hybridized carbons (Fsp3) is 0.211. The average molecular weight is 384 g/mol. The number of ether oxygens (including phenoxy) is 2. The molecule has 1 aromatic carbocycles. The maximum atomic E-state index is 12.4. The molecule has 146 valence electrons. The number of aromatic nitrogens is 2. The number of methoxy groups -OCH3 is 2. The quantitative estimate of drug-likeness (QED) is 0.551. The Balaban J connectivity index is 2.31. The number of nitrogens with one attached hydrogen (secondary N) is 1. The van der Waals surface area contributed by atoms with Crippen LogP contribution in [0.15, 0.2) is 33.9 Å². The number of rotatable bonds is 6. The number of carbonyl (C=O) groups excluding carboxylic acids is 1. The van der Waals surface area contributed by atoms with Crippen LogP contribution in [0.2, 0.25) is 0 Å². The molecule has 3 N–H and O–H groups in total. The van der Waals surface area contributed by atoms with E-state index in [4.69, 9.17) is 21.6 Å². The monoisotopic (exact) mass is 384 g/mol. The Bertz CT molecular complexity index is 1090. The molecule has 28 heavy (non-hydrogen) atoms. The van der Waals surface area contributed by atoms with Gasteiger partial charge in [0.25, 0.3) is 5.56 Å². The number of carbonyl (C=O) groups is 1. The number of terminal acetylenes is 1. The molecule has 9 heteroatoms. The lowest BCUT2D eigenvalue weighted by Gasteiger charge is -2.12. The van der Waals surface area contributed by atoms with Crippen LogP contribution in [-0.4, -0.2) is 29.3 Å². The van der Waals surface area contributed by atoms with E-state index in [9.17, 15) is 14.4 Å². The van der Waals surface area contributed by atoms with Crippen LogP contribution in [0.3, 0.4) is 0 Å². The molecule has 0 aliphatic carbocycles. The summed E-state index contributed by atoms with van der Waals surface area (Å²) in [6.07, 6.45) is 7.93. The zero-order valence-electron chi connectivity index (χ0n) is 15.7. The molecule has 0 fully saturated rings. The lowest BCUT2D eigenvalue weighted by molar-refractivity contribution is -0.111. The number of nitrogens with two attached hydrogens (primary N) is 1. The van der Waals surface area contributed by atoms with Crippen molar-refractivity contribution < 1.29 is 14.3 Å². The highest BCUT2D eigenvalue weighted by atomic mass is 16.5. The molecule has 0 saturated heterocycles. The summed E-state index contributed by atoms with van der Waals surface area (Å²) in [5, 5.41) is 2.40. The van der Waals surface area contributed by atoms with E-state index in [-0.39, 0.29) is 18.1 Å². The van der Waals surface area contributed by atoms with E-state index in [0.29, 0.717) is 17.1 Å². The first-order chi connectivity index (χ1) is 13.3. The van der Waals surface area contributed by atoms with E-state index in [1.165, 1.54) is 33.4 Å². The third kappa shape index (κ3) is 4.07. The molecule has 0 unspecified atom stereocenters. The SMILES string of the molecule is C#CCn1c(=O)c(NC(=O)/C=C/c2ccc(OC)c(OC)c2)c(N)n(C)c1=O. The zero-order chi connectivity index (χ0) is 20.8. The number of benzene rings is 1. The van der Waals surface area contributed by atoms with Crippen LogP contribution in [0.25, 0.3) is 6.08 Å². The van der Waals surface area contributed by atoms with Crippen molar-refractivity contribution >= 4 is 23.5 Å².